The molecule has 98 valence electrons. The Kier molecular flexibility index (Phi) is 4.76. The second-order valence-corrected chi connectivity index (χ2v) is 4.89. The highest BCUT2D eigenvalue weighted by atomic mass is 16.5. The molecule has 1 saturated heterocycles. The molecule has 1 aliphatic rings. The van der Waals surface area contributed by atoms with E-state index in [1.807, 2.05) is 6.07 Å². The van der Waals surface area contributed by atoms with E-state index in [0.29, 0.717) is 12.5 Å². The lowest BCUT2D eigenvalue weighted by Gasteiger charge is -2.35. The summed E-state index contributed by atoms with van der Waals surface area (Å²) in [6.07, 6.45) is 4.06. The molecule has 1 heterocycles. The van der Waals surface area contributed by atoms with Gasteiger partial charge in [-0.25, -0.2) is 0 Å². The largest absolute Gasteiger partial charge is 0.469 e. The maximum Gasteiger partial charge on any atom is 0.307 e. The van der Waals surface area contributed by atoms with Crippen LogP contribution >= 0.6 is 0 Å². The molecule has 0 spiro atoms. The van der Waals surface area contributed by atoms with E-state index < -0.39 is 0 Å². The Balaban J connectivity index is 1.97. The van der Waals surface area contributed by atoms with Crippen LogP contribution in [0.5, 0.6) is 0 Å². The molecule has 3 nitrogen and oxygen atoms in total. The van der Waals surface area contributed by atoms with Crippen molar-refractivity contribution in [2.45, 2.75) is 38.3 Å². The summed E-state index contributed by atoms with van der Waals surface area (Å²) in [5.41, 5.74) is 1.31. The minimum Gasteiger partial charge on any atom is -0.469 e. The second kappa shape index (κ2) is 6.55. The van der Waals surface area contributed by atoms with Gasteiger partial charge in [0.15, 0.2) is 0 Å². The van der Waals surface area contributed by atoms with Crippen molar-refractivity contribution in [3.05, 3.63) is 35.9 Å². The fraction of sp³-hybridized carbons (Fsp3) is 0.533. The van der Waals surface area contributed by atoms with Crippen LogP contribution in [0, 0.1) is 0 Å². The van der Waals surface area contributed by atoms with Crippen molar-refractivity contribution in [2.75, 3.05) is 13.7 Å². The lowest BCUT2D eigenvalue weighted by Crippen LogP contribution is -2.40. The van der Waals surface area contributed by atoms with Crippen molar-refractivity contribution in [2.24, 2.45) is 0 Å². The van der Waals surface area contributed by atoms with Gasteiger partial charge in [0.2, 0.25) is 0 Å². The fourth-order valence-electron chi connectivity index (χ4n) is 2.59. The second-order valence-electron chi connectivity index (χ2n) is 4.89. The van der Waals surface area contributed by atoms with E-state index in [4.69, 9.17) is 4.74 Å². The van der Waals surface area contributed by atoms with Gasteiger partial charge in [-0.15, -0.1) is 0 Å². The third-order valence-corrected chi connectivity index (χ3v) is 3.61. The van der Waals surface area contributed by atoms with Crippen LogP contribution in [0.2, 0.25) is 0 Å². The molecule has 1 aliphatic heterocycles. The first-order valence-corrected chi connectivity index (χ1v) is 6.64. The molecule has 0 saturated carbocycles. The van der Waals surface area contributed by atoms with Gasteiger partial charge in [-0.05, 0) is 24.9 Å². The van der Waals surface area contributed by atoms with Crippen LogP contribution in [0.3, 0.4) is 0 Å². The SMILES string of the molecule is COC(=O)CC1CCCCN1Cc1ccccc1. The van der Waals surface area contributed by atoms with Crippen LogP contribution in [0.4, 0.5) is 0 Å². The van der Waals surface area contributed by atoms with Crippen LogP contribution in [-0.4, -0.2) is 30.6 Å². The van der Waals surface area contributed by atoms with Crippen LogP contribution < -0.4 is 0 Å². The molecule has 2 rings (SSSR count). The predicted octanol–water partition coefficient (Wildman–Crippen LogP) is 2.60. The van der Waals surface area contributed by atoms with Crippen molar-refractivity contribution in [1.82, 2.24) is 4.90 Å². The maximum absolute atomic E-state index is 11.4. The number of carbonyl (C=O) groups excluding carboxylic acids is 1. The number of rotatable bonds is 4. The molecular weight excluding hydrogens is 226 g/mol. The number of likely N-dealkylation sites (tertiary alicyclic amines) is 1. The summed E-state index contributed by atoms with van der Waals surface area (Å²) in [6, 6.07) is 10.8. The van der Waals surface area contributed by atoms with E-state index in [1.165, 1.54) is 25.5 Å². The fourth-order valence-corrected chi connectivity index (χ4v) is 2.59. The zero-order valence-corrected chi connectivity index (χ0v) is 11.0. The lowest BCUT2D eigenvalue weighted by molar-refractivity contribution is -0.142. The minimum absolute atomic E-state index is 0.0973. The Morgan fingerprint density at radius 2 is 2.11 bits per heavy atom. The Bertz CT molecular complexity index is 377. The summed E-state index contributed by atoms with van der Waals surface area (Å²) in [5, 5.41) is 0. The molecule has 0 aromatic heterocycles. The molecule has 1 atom stereocenters. The molecule has 0 amide bonds. The lowest BCUT2D eigenvalue weighted by atomic mass is 9.98. The van der Waals surface area contributed by atoms with Crippen LogP contribution in [0.15, 0.2) is 30.3 Å². The van der Waals surface area contributed by atoms with Crippen LogP contribution in [0.25, 0.3) is 0 Å². The van der Waals surface area contributed by atoms with E-state index in [2.05, 4.69) is 29.2 Å². The summed E-state index contributed by atoms with van der Waals surface area (Å²) < 4.78 is 4.79. The van der Waals surface area contributed by atoms with Gasteiger partial charge in [0.05, 0.1) is 13.5 Å². The van der Waals surface area contributed by atoms with E-state index in [0.717, 1.165) is 19.5 Å². The Hall–Kier alpha value is -1.35. The maximum atomic E-state index is 11.4. The standard InChI is InChI=1S/C15H21NO2/c1-18-15(17)11-14-9-5-6-10-16(14)12-13-7-3-2-4-8-13/h2-4,7-8,14H,5-6,9-12H2,1H3. The first kappa shape index (κ1) is 13.1. The smallest absolute Gasteiger partial charge is 0.307 e. The van der Waals surface area contributed by atoms with Gasteiger partial charge in [0.1, 0.15) is 0 Å². The summed E-state index contributed by atoms with van der Waals surface area (Å²) in [7, 11) is 1.46. The number of ether oxygens (including phenoxy) is 1. The third-order valence-electron chi connectivity index (χ3n) is 3.61. The Morgan fingerprint density at radius 1 is 1.33 bits per heavy atom. The van der Waals surface area contributed by atoms with Gasteiger partial charge in [-0.3, -0.25) is 9.69 Å². The Labute approximate surface area is 109 Å². The zero-order chi connectivity index (χ0) is 12.8. The summed E-state index contributed by atoms with van der Waals surface area (Å²) in [5.74, 6) is -0.0973. The molecule has 0 bridgehead atoms. The molecular formula is C15H21NO2. The van der Waals surface area contributed by atoms with E-state index in [9.17, 15) is 4.79 Å². The van der Waals surface area contributed by atoms with Gasteiger partial charge in [0, 0.05) is 12.6 Å². The van der Waals surface area contributed by atoms with E-state index in [-0.39, 0.29) is 5.97 Å². The van der Waals surface area contributed by atoms with E-state index >= 15 is 0 Å². The minimum atomic E-state index is -0.0973. The monoisotopic (exact) mass is 247 g/mol. The number of hydrogen-bond donors (Lipinski definition) is 0. The molecule has 1 aromatic rings. The average Bonchev–Trinajstić information content (AvgIpc) is 2.42. The van der Waals surface area contributed by atoms with E-state index in [1.54, 1.807) is 0 Å². The van der Waals surface area contributed by atoms with Crippen LogP contribution in [0.1, 0.15) is 31.2 Å². The highest BCUT2D eigenvalue weighted by Gasteiger charge is 2.24. The molecule has 0 radical (unpaired) electrons. The van der Waals surface area contributed by atoms with Crippen molar-refractivity contribution in [1.29, 1.82) is 0 Å². The Morgan fingerprint density at radius 3 is 2.83 bits per heavy atom. The number of hydrogen-bond acceptors (Lipinski definition) is 3. The third kappa shape index (κ3) is 3.57. The van der Waals surface area contributed by atoms with Gasteiger partial charge in [0.25, 0.3) is 0 Å². The quantitative estimate of drug-likeness (QED) is 0.766. The van der Waals surface area contributed by atoms with Crippen molar-refractivity contribution < 1.29 is 9.53 Å². The van der Waals surface area contributed by atoms with Crippen molar-refractivity contribution in [3.8, 4) is 0 Å². The van der Waals surface area contributed by atoms with Gasteiger partial charge in [-0.2, -0.15) is 0 Å². The topological polar surface area (TPSA) is 29.5 Å². The number of benzene rings is 1. The van der Waals surface area contributed by atoms with Gasteiger partial charge < -0.3 is 4.74 Å². The molecule has 0 aliphatic carbocycles. The number of esters is 1. The molecule has 0 N–H and O–H groups in total. The number of methoxy groups -OCH3 is 1. The highest BCUT2D eigenvalue weighted by Crippen LogP contribution is 2.22. The summed E-state index contributed by atoms with van der Waals surface area (Å²) in [4.78, 5) is 13.8. The van der Waals surface area contributed by atoms with Gasteiger partial charge in [-0.1, -0.05) is 36.8 Å². The van der Waals surface area contributed by atoms with Crippen molar-refractivity contribution >= 4 is 5.97 Å². The average molecular weight is 247 g/mol. The number of carbonyl (C=O) groups is 1. The molecule has 1 unspecified atom stereocenters. The zero-order valence-electron chi connectivity index (χ0n) is 11.0. The first-order valence-electron chi connectivity index (χ1n) is 6.64. The van der Waals surface area contributed by atoms with Gasteiger partial charge >= 0.3 is 5.97 Å². The molecule has 1 aromatic carbocycles. The highest BCUT2D eigenvalue weighted by molar-refractivity contribution is 5.69. The molecule has 3 heteroatoms. The molecule has 18 heavy (non-hydrogen) atoms. The normalized spacial score (nSPS) is 20.6. The first-order chi connectivity index (χ1) is 8.79. The molecule has 1 fully saturated rings. The summed E-state index contributed by atoms with van der Waals surface area (Å²) >= 11 is 0. The summed E-state index contributed by atoms with van der Waals surface area (Å²) in [6.45, 7) is 2.01. The predicted molar refractivity (Wildman–Crippen MR) is 71.1 cm³/mol. The van der Waals surface area contributed by atoms with Crippen LogP contribution in [-0.2, 0) is 16.1 Å². The number of piperidine rings is 1. The van der Waals surface area contributed by atoms with Crippen molar-refractivity contribution in [3.63, 3.8) is 0 Å². The number of nitrogens with zero attached hydrogens (tertiary/aromatic N) is 1.